The standard InChI is InChI=1S/C20H15FN4O2/c21-17-4-1-2-5-19(17)25-13-10-18(23-25)20(26)27-14-15-6-8-16(9-7-15)24-12-3-11-22-24/h1-13H,14H2. The maximum absolute atomic E-state index is 13.8. The largest absolute Gasteiger partial charge is 0.456 e. The first kappa shape index (κ1) is 16.7. The molecule has 2 aromatic heterocycles. The van der Waals surface area contributed by atoms with Gasteiger partial charge in [-0.25, -0.2) is 18.5 Å². The third-order valence-electron chi connectivity index (χ3n) is 3.97. The molecule has 7 heteroatoms. The monoisotopic (exact) mass is 362 g/mol. The van der Waals surface area contributed by atoms with Crippen molar-refractivity contribution in [2.24, 2.45) is 0 Å². The maximum Gasteiger partial charge on any atom is 0.359 e. The molecule has 2 heterocycles. The second kappa shape index (κ2) is 7.25. The van der Waals surface area contributed by atoms with Gasteiger partial charge >= 0.3 is 5.97 Å². The van der Waals surface area contributed by atoms with Gasteiger partial charge in [0.1, 0.15) is 18.1 Å². The Bertz CT molecular complexity index is 1060. The summed E-state index contributed by atoms with van der Waals surface area (Å²) in [7, 11) is 0. The Kier molecular flexibility index (Phi) is 4.49. The Labute approximate surface area is 154 Å². The van der Waals surface area contributed by atoms with Gasteiger partial charge < -0.3 is 4.74 Å². The molecule has 0 aliphatic heterocycles. The predicted octanol–water partition coefficient (Wildman–Crippen LogP) is 3.55. The number of nitrogens with zero attached hydrogens (tertiary/aromatic N) is 4. The molecular formula is C20H15FN4O2. The van der Waals surface area contributed by atoms with Gasteiger partial charge in [0.2, 0.25) is 0 Å². The first-order valence-corrected chi connectivity index (χ1v) is 8.27. The van der Waals surface area contributed by atoms with Crippen LogP contribution in [0.25, 0.3) is 11.4 Å². The van der Waals surface area contributed by atoms with Gasteiger partial charge in [-0.1, -0.05) is 24.3 Å². The number of hydrogen-bond donors (Lipinski definition) is 0. The molecule has 0 N–H and O–H groups in total. The van der Waals surface area contributed by atoms with Crippen LogP contribution in [0.2, 0.25) is 0 Å². The lowest BCUT2D eigenvalue weighted by Gasteiger charge is -2.05. The molecule has 0 aliphatic carbocycles. The topological polar surface area (TPSA) is 61.9 Å². The number of carbonyl (C=O) groups excluding carboxylic acids is 1. The van der Waals surface area contributed by atoms with E-state index < -0.39 is 11.8 Å². The van der Waals surface area contributed by atoms with Crippen molar-refractivity contribution in [3.63, 3.8) is 0 Å². The Hall–Kier alpha value is -3.74. The predicted molar refractivity (Wildman–Crippen MR) is 96.2 cm³/mol. The molecule has 0 amide bonds. The van der Waals surface area contributed by atoms with Gasteiger partial charge in [0, 0.05) is 18.6 Å². The molecule has 27 heavy (non-hydrogen) atoms. The molecule has 0 saturated carbocycles. The number of benzene rings is 2. The quantitative estimate of drug-likeness (QED) is 0.510. The summed E-state index contributed by atoms with van der Waals surface area (Å²) >= 11 is 0. The van der Waals surface area contributed by atoms with E-state index in [1.165, 1.54) is 23.0 Å². The summed E-state index contributed by atoms with van der Waals surface area (Å²) in [4.78, 5) is 12.2. The van der Waals surface area contributed by atoms with Crippen LogP contribution in [0.3, 0.4) is 0 Å². The van der Waals surface area contributed by atoms with E-state index in [2.05, 4.69) is 10.2 Å². The van der Waals surface area contributed by atoms with Gasteiger partial charge in [0.15, 0.2) is 5.69 Å². The molecule has 6 nitrogen and oxygen atoms in total. The average Bonchev–Trinajstić information content (AvgIpc) is 3.39. The van der Waals surface area contributed by atoms with Crippen molar-refractivity contribution in [3.05, 3.63) is 96.3 Å². The van der Waals surface area contributed by atoms with Crippen molar-refractivity contribution in [1.82, 2.24) is 19.6 Å². The fraction of sp³-hybridized carbons (Fsp3) is 0.0500. The van der Waals surface area contributed by atoms with E-state index in [-0.39, 0.29) is 18.0 Å². The molecule has 0 radical (unpaired) electrons. The minimum atomic E-state index is -0.568. The summed E-state index contributed by atoms with van der Waals surface area (Å²) in [5, 5.41) is 8.25. The summed E-state index contributed by atoms with van der Waals surface area (Å²) in [6.07, 6.45) is 5.07. The van der Waals surface area contributed by atoms with Crippen LogP contribution >= 0.6 is 0 Å². The minimum Gasteiger partial charge on any atom is -0.456 e. The highest BCUT2D eigenvalue weighted by Gasteiger charge is 2.13. The van der Waals surface area contributed by atoms with Crippen LogP contribution in [0.1, 0.15) is 16.1 Å². The lowest BCUT2D eigenvalue weighted by Crippen LogP contribution is -2.07. The fourth-order valence-electron chi connectivity index (χ4n) is 2.59. The van der Waals surface area contributed by atoms with Crippen LogP contribution in [0.4, 0.5) is 4.39 Å². The zero-order valence-corrected chi connectivity index (χ0v) is 14.2. The van der Waals surface area contributed by atoms with Crippen molar-refractivity contribution in [2.75, 3.05) is 0 Å². The summed E-state index contributed by atoms with van der Waals surface area (Å²) < 4.78 is 22.2. The van der Waals surface area contributed by atoms with E-state index in [9.17, 15) is 9.18 Å². The van der Waals surface area contributed by atoms with Crippen LogP contribution in [-0.4, -0.2) is 25.5 Å². The van der Waals surface area contributed by atoms with Gasteiger partial charge in [-0.05, 0) is 42.0 Å². The Balaban J connectivity index is 1.41. The second-order valence-corrected chi connectivity index (χ2v) is 5.79. The van der Waals surface area contributed by atoms with Gasteiger partial charge in [-0.2, -0.15) is 10.2 Å². The number of hydrogen-bond acceptors (Lipinski definition) is 4. The molecule has 0 spiro atoms. The van der Waals surface area contributed by atoms with Crippen molar-refractivity contribution < 1.29 is 13.9 Å². The lowest BCUT2D eigenvalue weighted by molar-refractivity contribution is 0.0465. The zero-order valence-electron chi connectivity index (χ0n) is 14.2. The molecule has 0 atom stereocenters. The smallest absolute Gasteiger partial charge is 0.359 e. The number of ether oxygens (including phenoxy) is 1. The number of para-hydroxylation sites is 1. The van der Waals surface area contributed by atoms with E-state index >= 15 is 0 Å². The number of halogens is 1. The van der Waals surface area contributed by atoms with Crippen LogP contribution in [0.5, 0.6) is 0 Å². The Morgan fingerprint density at radius 2 is 1.78 bits per heavy atom. The van der Waals surface area contributed by atoms with Crippen molar-refractivity contribution >= 4 is 5.97 Å². The molecule has 0 saturated heterocycles. The van der Waals surface area contributed by atoms with E-state index in [4.69, 9.17) is 4.74 Å². The van der Waals surface area contributed by atoms with E-state index in [1.807, 2.05) is 36.5 Å². The number of rotatable bonds is 5. The maximum atomic E-state index is 13.8. The number of carbonyl (C=O) groups is 1. The zero-order chi connectivity index (χ0) is 18.6. The third kappa shape index (κ3) is 3.62. The van der Waals surface area contributed by atoms with E-state index in [1.54, 1.807) is 29.1 Å². The SMILES string of the molecule is O=C(OCc1ccc(-n2cccn2)cc1)c1ccn(-c2ccccc2F)n1. The molecule has 4 aromatic rings. The van der Waals surface area contributed by atoms with Gasteiger partial charge in [-0.3, -0.25) is 0 Å². The molecule has 2 aromatic carbocycles. The van der Waals surface area contributed by atoms with E-state index in [0.717, 1.165) is 11.3 Å². The summed E-state index contributed by atoms with van der Waals surface area (Å²) in [5.41, 5.74) is 2.14. The van der Waals surface area contributed by atoms with Crippen LogP contribution < -0.4 is 0 Å². The molecule has 0 fully saturated rings. The van der Waals surface area contributed by atoms with Crippen molar-refractivity contribution in [1.29, 1.82) is 0 Å². The van der Waals surface area contributed by atoms with Crippen LogP contribution in [0.15, 0.2) is 79.3 Å². The first-order valence-electron chi connectivity index (χ1n) is 8.27. The van der Waals surface area contributed by atoms with Crippen LogP contribution in [0, 0.1) is 5.82 Å². The van der Waals surface area contributed by atoms with Gasteiger partial charge in [-0.15, -0.1) is 0 Å². The highest BCUT2D eigenvalue weighted by Crippen LogP contribution is 2.14. The third-order valence-corrected chi connectivity index (χ3v) is 3.97. The number of aromatic nitrogens is 4. The van der Waals surface area contributed by atoms with Crippen molar-refractivity contribution in [2.45, 2.75) is 6.61 Å². The fourth-order valence-corrected chi connectivity index (χ4v) is 2.59. The molecule has 134 valence electrons. The molecule has 4 rings (SSSR count). The molecule has 0 bridgehead atoms. The van der Waals surface area contributed by atoms with E-state index in [0.29, 0.717) is 0 Å². The summed E-state index contributed by atoms with van der Waals surface area (Å²) in [6, 6.07) is 17.1. The molecular weight excluding hydrogens is 347 g/mol. The Morgan fingerprint density at radius 1 is 0.963 bits per heavy atom. The highest BCUT2D eigenvalue weighted by atomic mass is 19.1. The van der Waals surface area contributed by atoms with Gasteiger partial charge in [0.25, 0.3) is 0 Å². The average molecular weight is 362 g/mol. The van der Waals surface area contributed by atoms with Crippen LogP contribution in [-0.2, 0) is 11.3 Å². The number of esters is 1. The first-order chi connectivity index (χ1) is 13.2. The van der Waals surface area contributed by atoms with Crippen molar-refractivity contribution in [3.8, 4) is 11.4 Å². The molecule has 0 aliphatic rings. The second-order valence-electron chi connectivity index (χ2n) is 5.79. The summed E-state index contributed by atoms with van der Waals surface area (Å²) in [5.74, 6) is -0.987. The Morgan fingerprint density at radius 3 is 2.52 bits per heavy atom. The lowest BCUT2D eigenvalue weighted by atomic mass is 10.2. The minimum absolute atomic E-state index is 0.116. The molecule has 0 unspecified atom stereocenters. The summed E-state index contributed by atoms with van der Waals surface area (Å²) in [6.45, 7) is 0.116. The highest BCUT2D eigenvalue weighted by molar-refractivity contribution is 5.87. The normalized spacial score (nSPS) is 10.7. The van der Waals surface area contributed by atoms with Gasteiger partial charge in [0.05, 0.1) is 5.69 Å².